The molecule has 28 heavy (non-hydrogen) atoms. The van der Waals surface area contributed by atoms with Crippen molar-refractivity contribution in [2.24, 2.45) is 11.8 Å². The monoisotopic (exact) mass is 432 g/mol. The maximum Gasteiger partial charge on any atom is 0.270 e. The third kappa shape index (κ3) is 4.80. The molecule has 0 unspecified atom stereocenters. The molecule has 2 saturated heterocycles. The average Bonchev–Trinajstić information content (AvgIpc) is 2.99. The molecule has 2 heterocycles. The summed E-state index contributed by atoms with van der Waals surface area (Å²) in [5.41, 5.74) is -0.302. The molecule has 2 aliphatic heterocycles. The number of benzene rings is 1. The van der Waals surface area contributed by atoms with Crippen LogP contribution in [0.5, 0.6) is 0 Å². The standard InChI is InChI=1S/C17H24N4O5S.ClH/c1-19(27(25,26)16-4-2-3-15(9-16)21(23)24)12-17(22)20-7-5-13-10-18-11-14(13)6-8-20;/h2-4,9,13-14,18H,5-8,10-12H2,1H3;1H/t13-,14+;. The van der Waals surface area contributed by atoms with Crippen LogP contribution in [0.2, 0.25) is 0 Å². The predicted molar refractivity (Wildman–Crippen MR) is 106 cm³/mol. The summed E-state index contributed by atoms with van der Waals surface area (Å²) >= 11 is 0. The number of hydrogen-bond donors (Lipinski definition) is 1. The van der Waals surface area contributed by atoms with Crippen LogP contribution in [-0.4, -0.2) is 68.2 Å². The molecule has 2 fully saturated rings. The van der Waals surface area contributed by atoms with Crippen molar-refractivity contribution in [3.8, 4) is 0 Å². The maximum absolute atomic E-state index is 12.7. The molecule has 1 amide bonds. The lowest BCUT2D eigenvalue weighted by molar-refractivity contribution is -0.385. The van der Waals surface area contributed by atoms with Crippen LogP contribution in [0.3, 0.4) is 0 Å². The van der Waals surface area contributed by atoms with Crippen molar-refractivity contribution in [2.75, 3.05) is 39.8 Å². The van der Waals surface area contributed by atoms with Gasteiger partial charge in [-0.15, -0.1) is 12.4 Å². The van der Waals surface area contributed by atoms with Crippen LogP contribution in [0.25, 0.3) is 0 Å². The topological polar surface area (TPSA) is 113 Å². The Morgan fingerprint density at radius 2 is 1.89 bits per heavy atom. The van der Waals surface area contributed by atoms with Crippen molar-refractivity contribution < 1.29 is 18.1 Å². The molecule has 1 aromatic rings. The summed E-state index contributed by atoms with van der Waals surface area (Å²) in [5, 5.41) is 14.3. The highest BCUT2D eigenvalue weighted by molar-refractivity contribution is 7.89. The number of fused-ring (bicyclic) bond motifs is 1. The number of rotatable bonds is 5. The number of nitro groups is 1. The number of nitro benzene ring substituents is 1. The molecule has 0 spiro atoms. The van der Waals surface area contributed by atoms with E-state index in [2.05, 4.69) is 5.32 Å². The van der Waals surface area contributed by atoms with Gasteiger partial charge in [0.15, 0.2) is 0 Å². The summed E-state index contributed by atoms with van der Waals surface area (Å²) in [6.45, 7) is 2.94. The van der Waals surface area contributed by atoms with Crippen molar-refractivity contribution in [3.05, 3.63) is 34.4 Å². The summed E-state index contributed by atoms with van der Waals surface area (Å²) < 4.78 is 26.3. The molecule has 11 heteroatoms. The normalized spacial score (nSPS) is 22.3. The van der Waals surface area contributed by atoms with Crippen LogP contribution in [0.4, 0.5) is 5.69 Å². The lowest BCUT2D eigenvalue weighted by Gasteiger charge is -2.24. The largest absolute Gasteiger partial charge is 0.342 e. The van der Waals surface area contributed by atoms with Crippen LogP contribution >= 0.6 is 12.4 Å². The second kappa shape index (κ2) is 9.17. The Morgan fingerprint density at radius 3 is 2.46 bits per heavy atom. The van der Waals surface area contributed by atoms with Crippen molar-refractivity contribution in [1.82, 2.24) is 14.5 Å². The molecular weight excluding hydrogens is 408 g/mol. The molecule has 2 aliphatic rings. The molecule has 0 bridgehead atoms. The van der Waals surface area contributed by atoms with Gasteiger partial charge < -0.3 is 10.2 Å². The van der Waals surface area contributed by atoms with E-state index < -0.39 is 14.9 Å². The number of nitrogens with zero attached hydrogens (tertiary/aromatic N) is 3. The molecule has 0 aliphatic carbocycles. The Balaban J connectivity index is 0.00000280. The number of likely N-dealkylation sites (tertiary alicyclic amines) is 1. The highest BCUT2D eigenvalue weighted by Gasteiger charge is 2.32. The van der Waals surface area contributed by atoms with Gasteiger partial charge in [0.2, 0.25) is 15.9 Å². The van der Waals surface area contributed by atoms with E-state index in [0.29, 0.717) is 24.9 Å². The Kier molecular flexibility index (Phi) is 7.38. The minimum atomic E-state index is -3.98. The van der Waals surface area contributed by atoms with Gasteiger partial charge in [-0.1, -0.05) is 6.07 Å². The number of hydrogen-bond acceptors (Lipinski definition) is 6. The summed E-state index contributed by atoms with van der Waals surface area (Å²) in [7, 11) is -2.66. The van der Waals surface area contributed by atoms with Gasteiger partial charge in [-0.2, -0.15) is 4.31 Å². The lowest BCUT2D eigenvalue weighted by Crippen LogP contribution is -2.41. The SMILES string of the molecule is CN(CC(=O)N1CC[C@@H]2CNC[C@@H]2CC1)S(=O)(=O)c1cccc([N+](=O)[O-])c1.Cl. The molecule has 0 radical (unpaired) electrons. The maximum atomic E-state index is 12.7. The predicted octanol–water partition coefficient (Wildman–Crippen LogP) is 1.10. The summed E-state index contributed by atoms with van der Waals surface area (Å²) in [6, 6.07) is 4.86. The second-order valence-corrected chi connectivity index (χ2v) is 9.20. The van der Waals surface area contributed by atoms with Crippen molar-refractivity contribution in [1.29, 1.82) is 0 Å². The van der Waals surface area contributed by atoms with Gasteiger partial charge in [0.25, 0.3) is 5.69 Å². The fourth-order valence-electron chi connectivity index (χ4n) is 3.78. The summed E-state index contributed by atoms with van der Waals surface area (Å²) in [4.78, 5) is 24.4. The smallest absolute Gasteiger partial charge is 0.270 e. The van der Waals surface area contributed by atoms with E-state index in [4.69, 9.17) is 0 Å². The Morgan fingerprint density at radius 1 is 1.29 bits per heavy atom. The van der Waals surface area contributed by atoms with E-state index in [9.17, 15) is 23.3 Å². The Labute approximate surface area is 170 Å². The number of nitrogens with one attached hydrogen (secondary N) is 1. The molecule has 3 rings (SSSR count). The highest BCUT2D eigenvalue weighted by atomic mass is 35.5. The number of likely N-dealkylation sites (N-methyl/N-ethyl adjacent to an activating group) is 1. The fraction of sp³-hybridized carbons (Fsp3) is 0.588. The van der Waals surface area contributed by atoms with Gasteiger partial charge in [-0.3, -0.25) is 14.9 Å². The van der Waals surface area contributed by atoms with E-state index in [1.54, 1.807) is 4.90 Å². The van der Waals surface area contributed by atoms with E-state index >= 15 is 0 Å². The van der Waals surface area contributed by atoms with Gasteiger partial charge >= 0.3 is 0 Å². The first-order valence-corrected chi connectivity index (χ1v) is 10.4. The average molecular weight is 433 g/mol. The Bertz CT molecular complexity index is 821. The molecule has 2 atom stereocenters. The van der Waals surface area contributed by atoms with Crippen LogP contribution in [0.15, 0.2) is 29.2 Å². The van der Waals surface area contributed by atoms with Gasteiger partial charge in [0.1, 0.15) is 0 Å². The third-order valence-electron chi connectivity index (χ3n) is 5.47. The van der Waals surface area contributed by atoms with Crippen LogP contribution in [-0.2, 0) is 14.8 Å². The van der Waals surface area contributed by atoms with Crippen molar-refractivity contribution in [3.63, 3.8) is 0 Å². The zero-order valence-electron chi connectivity index (χ0n) is 15.6. The number of sulfonamides is 1. The minimum absolute atomic E-state index is 0. The van der Waals surface area contributed by atoms with Gasteiger partial charge in [0, 0.05) is 32.3 Å². The zero-order chi connectivity index (χ0) is 19.6. The molecule has 9 nitrogen and oxygen atoms in total. The molecule has 156 valence electrons. The Hall–Kier alpha value is -1.75. The first-order chi connectivity index (χ1) is 12.8. The molecule has 1 aromatic carbocycles. The number of non-ortho nitro benzene ring substituents is 1. The van der Waals surface area contributed by atoms with E-state index in [1.807, 2.05) is 0 Å². The number of amides is 1. The quantitative estimate of drug-likeness (QED) is 0.550. The lowest BCUT2D eigenvalue weighted by atomic mass is 9.92. The second-order valence-electron chi connectivity index (χ2n) is 7.15. The number of carbonyl (C=O) groups excluding carboxylic acids is 1. The zero-order valence-corrected chi connectivity index (χ0v) is 17.2. The molecule has 1 N–H and O–H groups in total. The summed E-state index contributed by atoms with van der Waals surface area (Å²) in [6.07, 6.45) is 1.84. The first kappa shape index (κ1) is 22.5. The van der Waals surface area contributed by atoms with Crippen LogP contribution < -0.4 is 5.32 Å². The first-order valence-electron chi connectivity index (χ1n) is 8.98. The highest BCUT2D eigenvalue weighted by Crippen LogP contribution is 2.27. The van der Waals surface area contributed by atoms with E-state index in [1.165, 1.54) is 25.2 Å². The molecule has 0 aromatic heterocycles. The summed E-state index contributed by atoms with van der Waals surface area (Å²) in [5.74, 6) is 0.919. The number of halogens is 1. The van der Waals surface area contributed by atoms with Crippen LogP contribution in [0.1, 0.15) is 12.8 Å². The molecule has 0 saturated carbocycles. The van der Waals surface area contributed by atoms with Gasteiger partial charge in [-0.25, -0.2) is 8.42 Å². The fourth-order valence-corrected chi connectivity index (χ4v) is 4.94. The van der Waals surface area contributed by atoms with Crippen LogP contribution in [0, 0.1) is 22.0 Å². The van der Waals surface area contributed by atoms with Gasteiger partial charge in [0.05, 0.1) is 16.4 Å². The van der Waals surface area contributed by atoms with Crippen molar-refractivity contribution >= 4 is 34.0 Å². The van der Waals surface area contributed by atoms with E-state index in [-0.39, 0.29) is 35.4 Å². The van der Waals surface area contributed by atoms with E-state index in [0.717, 1.165) is 36.3 Å². The third-order valence-corrected chi connectivity index (χ3v) is 7.27. The minimum Gasteiger partial charge on any atom is -0.342 e. The van der Waals surface area contributed by atoms with Gasteiger partial charge in [-0.05, 0) is 43.8 Å². The van der Waals surface area contributed by atoms with Crippen molar-refractivity contribution in [2.45, 2.75) is 17.7 Å². The molecular formula is C17H25ClN4O5S. The number of carbonyl (C=O) groups is 1.